The number of hydrogen-bond acceptors (Lipinski definition) is 3. The normalized spacial score (nSPS) is 13.4. The van der Waals surface area contributed by atoms with Crippen LogP contribution < -0.4 is 21.2 Å². The van der Waals surface area contributed by atoms with Gasteiger partial charge in [-0.1, -0.05) is 30.3 Å². The van der Waals surface area contributed by atoms with Gasteiger partial charge < -0.3 is 4.55 Å². The minimum atomic E-state index is -6.09. The Morgan fingerprint density at radius 2 is 1.61 bits per heavy atom. The van der Waals surface area contributed by atoms with Gasteiger partial charge in [0.25, 0.3) is 0 Å². The van der Waals surface area contributed by atoms with Crippen molar-refractivity contribution in [2.24, 2.45) is 0 Å². The highest BCUT2D eigenvalue weighted by Crippen LogP contribution is 2.20. The lowest BCUT2D eigenvalue weighted by atomic mass is 10.0. The molecule has 0 atom stereocenters. The van der Waals surface area contributed by atoms with Crippen LogP contribution in [0.25, 0.3) is 0 Å². The summed E-state index contributed by atoms with van der Waals surface area (Å²) in [4.78, 5) is 0. The van der Waals surface area contributed by atoms with Gasteiger partial charge in [0.2, 0.25) is 0 Å². The molecule has 1 heterocycles. The van der Waals surface area contributed by atoms with E-state index in [2.05, 4.69) is 49.4 Å². The summed E-state index contributed by atoms with van der Waals surface area (Å²) in [6, 6.07) is 15.8. The van der Waals surface area contributed by atoms with Gasteiger partial charge in [0, 0.05) is 17.5 Å². The van der Waals surface area contributed by atoms with Crippen LogP contribution in [0.5, 0.6) is 0 Å². The van der Waals surface area contributed by atoms with Gasteiger partial charge in [-0.15, -0.1) is 0 Å². The van der Waals surface area contributed by atoms with Crippen molar-refractivity contribution >= 4 is 10.1 Å². The molecular weight excluding hydrogens is 444 g/mol. The van der Waals surface area contributed by atoms with Gasteiger partial charge >= 0.3 is 26.7 Å². The zero-order valence-corrected chi connectivity index (χ0v) is 14.9. The van der Waals surface area contributed by atoms with Gasteiger partial charge in [-0.05, 0) is 24.6 Å². The average molecular weight is 456 g/mol. The second kappa shape index (κ2) is 6.78. The highest BCUT2D eigenvalue weighted by atomic mass is 127. The predicted molar refractivity (Wildman–Crippen MR) is 73.6 cm³/mol. The van der Waals surface area contributed by atoms with Crippen LogP contribution in [0.4, 0.5) is 13.2 Å². The zero-order valence-electron chi connectivity index (χ0n) is 11.9. The van der Waals surface area contributed by atoms with Crippen LogP contribution in [0.15, 0.2) is 42.5 Å². The molecule has 1 aliphatic rings. The average Bonchev–Trinajstić information content (AvgIpc) is 2.43. The quantitative estimate of drug-likeness (QED) is 0.274. The number of rotatable bonds is 0. The van der Waals surface area contributed by atoms with Crippen molar-refractivity contribution in [3.8, 4) is 0 Å². The summed E-state index contributed by atoms with van der Waals surface area (Å²) in [6.45, 7) is 2.19. The number of hydrogen-bond donors (Lipinski definition) is 0. The van der Waals surface area contributed by atoms with Crippen LogP contribution in [-0.2, 0) is 16.5 Å². The SMILES string of the molecule is Cc1ccc2c(c1)[I+]c1ccccc1C2.O=S(=O)([O-])C(F)(F)F. The molecule has 2 aromatic rings. The molecule has 0 aromatic heterocycles. The zero-order chi connectivity index (χ0) is 17.3. The van der Waals surface area contributed by atoms with Crippen molar-refractivity contribution in [3.05, 3.63) is 66.3 Å². The van der Waals surface area contributed by atoms with Gasteiger partial charge in [-0.25, -0.2) is 8.42 Å². The largest absolute Gasteiger partial charge is 0.741 e. The summed E-state index contributed by atoms with van der Waals surface area (Å²) < 4.78 is 62.1. The van der Waals surface area contributed by atoms with Crippen molar-refractivity contribution in [3.63, 3.8) is 0 Å². The molecule has 0 N–H and O–H groups in total. The molecule has 0 bridgehead atoms. The van der Waals surface area contributed by atoms with Gasteiger partial charge in [0.05, 0.1) is 0 Å². The fraction of sp³-hybridized carbons (Fsp3) is 0.200. The molecule has 124 valence electrons. The van der Waals surface area contributed by atoms with Crippen LogP contribution in [0.2, 0.25) is 0 Å². The summed E-state index contributed by atoms with van der Waals surface area (Å²) in [7, 11) is -6.09. The third-order valence-corrected chi connectivity index (χ3v) is 6.82. The van der Waals surface area contributed by atoms with E-state index in [4.69, 9.17) is 13.0 Å². The number of benzene rings is 2. The van der Waals surface area contributed by atoms with E-state index in [0.29, 0.717) is 0 Å². The lowest BCUT2D eigenvalue weighted by Crippen LogP contribution is -3.62. The van der Waals surface area contributed by atoms with Gasteiger partial charge in [0.1, 0.15) is 0 Å². The third kappa shape index (κ3) is 4.67. The van der Waals surface area contributed by atoms with E-state index in [1.165, 1.54) is 5.56 Å². The highest BCUT2D eigenvalue weighted by molar-refractivity contribution is 7.86. The molecular formula is C15H12F3IO3S. The van der Waals surface area contributed by atoms with Crippen molar-refractivity contribution in [1.29, 1.82) is 0 Å². The maximum absolute atomic E-state index is 10.7. The standard InChI is InChI=1S/C14H12I.CHF3O3S/c1-10-6-7-12-9-11-4-2-3-5-13(11)15-14(12)8-10;2-1(3,4)8(5,6)7/h2-8H,9H2,1H3;(H,5,6,7)/q+1;/p-1. The lowest BCUT2D eigenvalue weighted by Gasteiger charge is -2.08. The molecule has 1 aliphatic heterocycles. The Labute approximate surface area is 142 Å². The summed E-state index contributed by atoms with van der Waals surface area (Å²) in [5.41, 5.74) is -1.16. The number of aryl methyl sites for hydroxylation is 1. The van der Waals surface area contributed by atoms with Crippen LogP contribution in [0.1, 0.15) is 16.7 Å². The summed E-state index contributed by atoms with van der Waals surface area (Å²) in [6.07, 6.45) is 1.13. The molecule has 0 amide bonds. The molecule has 3 rings (SSSR count). The first-order valence-corrected chi connectivity index (χ1v) is 9.99. The fourth-order valence-electron chi connectivity index (χ4n) is 1.93. The Morgan fingerprint density at radius 1 is 1.04 bits per heavy atom. The van der Waals surface area contributed by atoms with E-state index in [0.717, 1.165) is 6.42 Å². The first kappa shape index (κ1) is 18.2. The van der Waals surface area contributed by atoms with E-state index in [9.17, 15) is 13.2 Å². The molecule has 0 spiro atoms. The van der Waals surface area contributed by atoms with Crippen LogP contribution in [0, 0.1) is 14.1 Å². The second-order valence-corrected chi connectivity index (χ2v) is 9.09. The summed E-state index contributed by atoms with van der Waals surface area (Å²) in [5.74, 6) is 0. The van der Waals surface area contributed by atoms with Crippen molar-refractivity contribution < 1.29 is 47.3 Å². The van der Waals surface area contributed by atoms with Crippen molar-refractivity contribution in [2.75, 3.05) is 0 Å². The number of alkyl halides is 3. The van der Waals surface area contributed by atoms with Crippen LogP contribution in [-0.4, -0.2) is 18.5 Å². The van der Waals surface area contributed by atoms with Crippen LogP contribution >= 0.6 is 0 Å². The van der Waals surface area contributed by atoms with Crippen molar-refractivity contribution in [2.45, 2.75) is 18.9 Å². The topological polar surface area (TPSA) is 57.2 Å². The van der Waals surface area contributed by atoms with E-state index in [1.54, 1.807) is 18.3 Å². The minimum absolute atomic E-state index is 0.0585. The van der Waals surface area contributed by atoms with E-state index in [1.807, 2.05) is 0 Å². The Hall–Kier alpha value is -1.13. The second-order valence-electron chi connectivity index (χ2n) is 4.86. The number of halogens is 4. The molecule has 8 heteroatoms. The smallest absolute Gasteiger partial charge is 0.485 e. The Bertz CT molecular complexity index is 817. The molecule has 0 aliphatic carbocycles. The molecule has 0 unspecified atom stereocenters. The first-order valence-electron chi connectivity index (χ1n) is 6.42. The molecule has 0 fully saturated rings. The van der Waals surface area contributed by atoms with Crippen molar-refractivity contribution in [1.82, 2.24) is 0 Å². The molecule has 2 aromatic carbocycles. The fourth-order valence-corrected chi connectivity index (χ4v) is 5.03. The third-order valence-electron chi connectivity index (χ3n) is 3.03. The molecule has 0 saturated carbocycles. The van der Waals surface area contributed by atoms with E-state index >= 15 is 0 Å². The Morgan fingerprint density at radius 3 is 2.22 bits per heavy atom. The minimum Gasteiger partial charge on any atom is -0.741 e. The van der Waals surface area contributed by atoms with Gasteiger partial charge in [-0.3, -0.25) is 0 Å². The Kier molecular flexibility index (Phi) is 5.37. The van der Waals surface area contributed by atoms with Crippen LogP contribution in [0.3, 0.4) is 0 Å². The number of fused-ring (bicyclic) bond motifs is 2. The predicted octanol–water partition coefficient (Wildman–Crippen LogP) is 0.0790. The van der Waals surface area contributed by atoms with E-state index < -0.39 is 15.6 Å². The highest BCUT2D eigenvalue weighted by Gasteiger charge is 2.36. The summed E-state index contributed by atoms with van der Waals surface area (Å²) >= 11 is 0.0585. The molecule has 23 heavy (non-hydrogen) atoms. The summed E-state index contributed by atoms with van der Waals surface area (Å²) in [5, 5.41) is 0. The monoisotopic (exact) mass is 456 g/mol. The molecule has 0 radical (unpaired) electrons. The molecule has 0 saturated heterocycles. The molecule has 3 nitrogen and oxygen atoms in total. The van der Waals surface area contributed by atoms with Gasteiger partial charge in [0.15, 0.2) is 17.3 Å². The maximum atomic E-state index is 10.7. The maximum Gasteiger partial charge on any atom is 0.485 e. The lowest BCUT2D eigenvalue weighted by molar-refractivity contribution is -0.601. The Balaban J connectivity index is 0.000000207. The first-order chi connectivity index (χ1) is 10.6. The van der Waals surface area contributed by atoms with Gasteiger partial charge in [-0.2, -0.15) is 13.2 Å². The van der Waals surface area contributed by atoms with E-state index in [-0.39, 0.29) is 21.2 Å².